The zero-order valence-electron chi connectivity index (χ0n) is 15.1. The van der Waals surface area contributed by atoms with E-state index in [2.05, 4.69) is 5.32 Å². The van der Waals surface area contributed by atoms with Crippen LogP contribution in [0.1, 0.15) is 34.5 Å². The summed E-state index contributed by atoms with van der Waals surface area (Å²) in [7, 11) is 0. The Morgan fingerprint density at radius 1 is 1.15 bits per heavy atom. The van der Waals surface area contributed by atoms with Gasteiger partial charge in [-0.05, 0) is 37.5 Å². The number of hydrogen-bond acceptors (Lipinski definition) is 4. The van der Waals surface area contributed by atoms with E-state index in [0.717, 1.165) is 11.1 Å². The maximum Gasteiger partial charge on any atom is 0.325 e. The molecule has 140 valence electrons. The van der Waals surface area contributed by atoms with Crippen molar-refractivity contribution < 1.29 is 18.8 Å². The molecule has 2 aromatic rings. The first-order chi connectivity index (χ1) is 13.0. The molecule has 4 rings (SSSR count). The van der Waals surface area contributed by atoms with Crippen LogP contribution < -0.4 is 5.32 Å². The monoisotopic (exact) mass is 367 g/mol. The molecule has 0 radical (unpaired) electrons. The van der Waals surface area contributed by atoms with Crippen LogP contribution in [0.5, 0.6) is 0 Å². The lowest BCUT2D eigenvalue weighted by Crippen LogP contribution is -2.55. The molecule has 1 aromatic heterocycles. The van der Waals surface area contributed by atoms with E-state index >= 15 is 0 Å². The van der Waals surface area contributed by atoms with Crippen LogP contribution >= 0.6 is 0 Å². The molecular formula is C20H21N3O4. The average molecular weight is 367 g/mol. The minimum Gasteiger partial charge on any atom is -0.459 e. The highest BCUT2D eigenvalue weighted by atomic mass is 16.3. The summed E-state index contributed by atoms with van der Waals surface area (Å²) < 4.78 is 5.16. The molecule has 4 amide bonds. The van der Waals surface area contributed by atoms with Crippen molar-refractivity contribution in [2.45, 2.75) is 31.8 Å². The van der Waals surface area contributed by atoms with Gasteiger partial charge in [-0.1, -0.05) is 29.8 Å². The molecule has 1 aromatic carbocycles. The predicted octanol–water partition coefficient (Wildman–Crippen LogP) is 2.31. The number of carbonyl (C=O) groups excluding carboxylic acids is 3. The fourth-order valence-electron chi connectivity index (χ4n) is 3.68. The maximum absolute atomic E-state index is 13.0. The standard InChI is InChI=1S/C20H21N3O4/c1-14-4-6-15(7-5-14)13-23-18(25)20(21-19(23)26)8-10-22(11-9-20)17(24)16-3-2-12-27-16/h2-7,12H,8-11,13H2,1H3,(H,21,26). The van der Waals surface area contributed by atoms with Crippen molar-refractivity contribution in [3.63, 3.8) is 0 Å². The van der Waals surface area contributed by atoms with E-state index in [4.69, 9.17) is 4.42 Å². The Bertz CT molecular complexity index is 865. The second-order valence-electron chi connectivity index (χ2n) is 7.16. The summed E-state index contributed by atoms with van der Waals surface area (Å²) in [5, 5.41) is 2.87. The molecule has 7 heteroatoms. The van der Waals surface area contributed by atoms with Gasteiger partial charge in [0, 0.05) is 13.1 Å². The summed E-state index contributed by atoms with van der Waals surface area (Å²) in [5.41, 5.74) is 1.12. The lowest BCUT2D eigenvalue weighted by atomic mass is 9.87. The summed E-state index contributed by atoms with van der Waals surface area (Å²) >= 11 is 0. The van der Waals surface area contributed by atoms with Crippen LogP contribution in [0.15, 0.2) is 47.1 Å². The molecule has 1 N–H and O–H groups in total. The van der Waals surface area contributed by atoms with Gasteiger partial charge in [-0.25, -0.2) is 4.79 Å². The number of piperidine rings is 1. The third-order valence-corrected chi connectivity index (χ3v) is 5.34. The Morgan fingerprint density at radius 3 is 2.48 bits per heavy atom. The molecule has 0 unspecified atom stereocenters. The summed E-state index contributed by atoms with van der Waals surface area (Å²) in [4.78, 5) is 40.7. The number of urea groups is 1. The van der Waals surface area contributed by atoms with Crippen LogP contribution in [0, 0.1) is 6.92 Å². The molecule has 0 saturated carbocycles. The molecule has 27 heavy (non-hydrogen) atoms. The Balaban J connectivity index is 1.44. The summed E-state index contributed by atoms with van der Waals surface area (Å²) in [6.45, 7) is 3.03. The quantitative estimate of drug-likeness (QED) is 0.844. The van der Waals surface area contributed by atoms with Crippen molar-refractivity contribution in [3.8, 4) is 0 Å². The van der Waals surface area contributed by atoms with Gasteiger partial charge in [-0.15, -0.1) is 0 Å². The van der Waals surface area contributed by atoms with Crippen LogP contribution in [0.3, 0.4) is 0 Å². The van der Waals surface area contributed by atoms with E-state index in [9.17, 15) is 14.4 Å². The number of amides is 4. The fourth-order valence-corrected chi connectivity index (χ4v) is 3.68. The minimum atomic E-state index is -0.915. The van der Waals surface area contributed by atoms with Crippen LogP contribution in [-0.4, -0.2) is 46.3 Å². The highest BCUT2D eigenvalue weighted by molar-refractivity contribution is 6.07. The minimum absolute atomic E-state index is 0.192. The molecule has 2 fully saturated rings. The lowest BCUT2D eigenvalue weighted by Gasteiger charge is -2.36. The molecule has 7 nitrogen and oxygen atoms in total. The van der Waals surface area contributed by atoms with E-state index in [-0.39, 0.29) is 30.2 Å². The molecule has 0 atom stereocenters. The van der Waals surface area contributed by atoms with Crippen molar-refractivity contribution in [1.82, 2.24) is 15.1 Å². The first-order valence-corrected chi connectivity index (χ1v) is 9.01. The highest BCUT2D eigenvalue weighted by Gasteiger charge is 2.52. The third kappa shape index (κ3) is 3.09. The normalized spacial score (nSPS) is 18.9. The number of hydrogen-bond donors (Lipinski definition) is 1. The van der Waals surface area contributed by atoms with E-state index in [0.29, 0.717) is 25.9 Å². The van der Waals surface area contributed by atoms with Crippen LogP contribution in [-0.2, 0) is 11.3 Å². The maximum atomic E-state index is 13.0. The second-order valence-corrected chi connectivity index (χ2v) is 7.16. The number of benzene rings is 1. The number of nitrogens with one attached hydrogen (secondary N) is 1. The molecular weight excluding hydrogens is 346 g/mol. The molecule has 1 spiro atoms. The van der Waals surface area contributed by atoms with Gasteiger partial charge in [-0.3, -0.25) is 14.5 Å². The number of carbonyl (C=O) groups is 3. The number of nitrogens with zero attached hydrogens (tertiary/aromatic N) is 2. The summed E-state index contributed by atoms with van der Waals surface area (Å²) in [6, 6.07) is 10.7. The van der Waals surface area contributed by atoms with Crippen molar-refractivity contribution in [1.29, 1.82) is 0 Å². The number of furan rings is 1. The zero-order valence-corrected chi connectivity index (χ0v) is 15.1. The van der Waals surface area contributed by atoms with E-state index in [1.807, 2.05) is 31.2 Å². The summed E-state index contributed by atoms with van der Waals surface area (Å²) in [6.07, 6.45) is 2.26. The Hall–Kier alpha value is -3.09. The predicted molar refractivity (Wildman–Crippen MR) is 96.8 cm³/mol. The van der Waals surface area contributed by atoms with Gasteiger partial charge in [-0.2, -0.15) is 0 Å². The topological polar surface area (TPSA) is 82.9 Å². The molecule has 0 aliphatic carbocycles. The van der Waals surface area contributed by atoms with E-state index < -0.39 is 5.54 Å². The van der Waals surface area contributed by atoms with Crippen LogP contribution in [0.2, 0.25) is 0 Å². The molecule has 3 heterocycles. The number of rotatable bonds is 3. The SMILES string of the molecule is Cc1ccc(CN2C(=O)NC3(CCN(C(=O)c4ccco4)CC3)C2=O)cc1. The van der Waals surface area contributed by atoms with Crippen molar-refractivity contribution in [2.24, 2.45) is 0 Å². The average Bonchev–Trinajstić information content (AvgIpc) is 3.28. The Kier molecular flexibility index (Phi) is 4.22. The number of aryl methyl sites for hydroxylation is 1. The lowest BCUT2D eigenvalue weighted by molar-refractivity contribution is -0.133. The van der Waals surface area contributed by atoms with Crippen LogP contribution in [0.4, 0.5) is 4.79 Å². The largest absolute Gasteiger partial charge is 0.459 e. The number of likely N-dealkylation sites (tertiary alicyclic amines) is 1. The molecule has 2 aliphatic rings. The van der Waals surface area contributed by atoms with Gasteiger partial charge in [0.1, 0.15) is 5.54 Å². The zero-order chi connectivity index (χ0) is 19.0. The highest BCUT2D eigenvalue weighted by Crippen LogP contribution is 2.31. The molecule has 0 bridgehead atoms. The van der Waals surface area contributed by atoms with Gasteiger partial charge in [0.15, 0.2) is 5.76 Å². The van der Waals surface area contributed by atoms with Crippen molar-refractivity contribution in [2.75, 3.05) is 13.1 Å². The number of imide groups is 1. The van der Waals surface area contributed by atoms with Crippen molar-refractivity contribution >= 4 is 17.8 Å². The first-order valence-electron chi connectivity index (χ1n) is 9.01. The van der Waals surface area contributed by atoms with Crippen LogP contribution in [0.25, 0.3) is 0 Å². The van der Waals surface area contributed by atoms with Gasteiger partial charge < -0.3 is 14.6 Å². The summed E-state index contributed by atoms with van der Waals surface area (Å²) in [5.74, 6) is -0.116. The van der Waals surface area contributed by atoms with Crippen molar-refractivity contribution in [3.05, 3.63) is 59.5 Å². The van der Waals surface area contributed by atoms with E-state index in [1.165, 1.54) is 11.2 Å². The third-order valence-electron chi connectivity index (χ3n) is 5.34. The van der Waals surface area contributed by atoms with E-state index in [1.54, 1.807) is 17.0 Å². The van der Waals surface area contributed by atoms with Gasteiger partial charge in [0.05, 0.1) is 12.8 Å². The first kappa shape index (κ1) is 17.3. The second kappa shape index (κ2) is 6.57. The Morgan fingerprint density at radius 2 is 1.85 bits per heavy atom. The van der Waals surface area contributed by atoms with Gasteiger partial charge >= 0.3 is 6.03 Å². The van der Waals surface area contributed by atoms with Gasteiger partial charge in [0.2, 0.25) is 0 Å². The Labute approximate surface area is 156 Å². The smallest absolute Gasteiger partial charge is 0.325 e. The molecule has 2 saturated heterocycles. The molecule has 2 aliphatic heterocycles. The van der Waals surface area contributed by atoms with Gasteiger partial charge in [0.25, 0.3) is 11.8 Å². The fraction of sp³-hybridized carbons (Fsp3) is 0.350.